The van der Waals surface area contributed by atoms with Crippen molar-refractivity contribution in [1.29, 1.82) is 0 Å². The summed E-state index contributed by atoms with van der Waals surface area (Å²) < 4.78 is 13.0. The lowest BCUT2D eigenvalue weighted by atomic mass is 10.2. The number of hydrogen-bond acceptors (Lipinski definition) is 7. The molecule has 0 aliphatic rings. The van der Waals surface area contributed by atoms with Gasteiger partial charge in [0.15, 0.2) is 15.8 Å². The smallest absolute Gasteiger partial charge is 0.250 e. The molecule has 6 nitrogen and oxygen atoms in total. The number of halogens is 2. The van der Waals surface area contributed by atoms with Crippen LogP contribution in [0.1, 0.15) is 25.8 Å². The van der Waals surface area contributed by atoms with Crippen LogP contribution in [-0.2, 0) is 4.79 Å². The van der Waals surface area contributed by atoms with Crippen molar-refractivity contribution < 1.29 is 14.3 Å². The van der Waals surface area contributed by atoms with E-state index in [-0.39, 0.29) is 11.7 Å². The van der Waals surface area contributed by atoms with Crippen LogP contribution in [0.25, 0.3) is 11.3 Å². The first-order valence-electron chi connectivity index (χ1n) is 10.3. The maximum Gasteiger partial charge on any atom is 0.250 e. The lowest BCUT2D eigenvalue weighted by Gasteiger charge is -2.14. The molecule has 0 saturated carbocycles. The van der Waals surface area contributed by atoms with Crippen LogP contribution < -0.4 is 14.9 Å². The van der Waals surface area contributed by atoms with Crippen molar-refractivity contribution >= 4 is 62.8 Å². The zero-order valence-corrected chi connectivity index (χ0v) is 22.1. The van der Waals surface area contributed by atoms with Gasteiger partial charge in [0.2, 0.25) is 0 Å². The van der Waals surface area contributed by atoms with Crippen molar-refractivity contribution in [2.45, 2.75) is 24.6 Å². The summed E-state index contributed by atoms with van der Waals surface area (Å²) in [6.07, 6.45) is 2.47. The van der Waals surface area contributed by atoms with E-state index in [1.807, 2.05) is 55.6 Å². The van der Waals surface area contributed by atoms with Crippen molar-refractivity contribution in [3.63, 3.8) is 0 Å². The van der Waals surface area contributed by atoms with Crippen LogP contribution in [0.3, 0.4) is 0 Å². The Kier molecular flexibility index (Phi) is 10.1. The summed E-state index contributed by atoms with van der Waals surface area (Å²) in [6, 6.07) is 11.2. The van der Waals surface area contributed by atoms with E-state index >= 15 is 0 Å². The van der Waals surface area contributed by atoms with Gasteiger partial charge in [-0.1, -0.05) is 42.4 Å². The summed E-state index contributed by atoms with van der Waals surface area (Å²) in [7, 11) is 0. The van der Waals surface area contributed by atoms with Gasteiger partial charge in [-0.15, -0.1) is 11.3 Å². The van der Waals surface area contributed by atoms with E-state index in [0.29, 0.717) is 29.7 Å². The van der Waals surface area contributed by atoms with Gasteiger partial charge < -0.3 is 9.47 Å². The highest BCUT2D eigenvalue weighted by atomic mass is 79.9. The molecule has 3 aromatic rings. The number of benzene rings is 2. The number of nitrogens with zero attached hydrogens (tertiary/aromatic N) is 2. The van der Waals surface area contributed by atoms with Crippen LogP contribution in [-0.4, -0.2) is 36.1 Å². The Labute approximate surface area is 214 Å². The normalized spacial score (nSPS) is 11.0. The third kappa shape index (κ3) is 7.74. The van der Waals surface area contributed by atoms with E-state index in [2.05, 4.69) is 31.4 Å². The number of hydrogen-bond donors (Lipinski definition) is 1. The van der Waals surface area contributed by atoms with Gasteiger partial charge in [-0.25, -0.2) is 10.4 Å². The van der Waals surface area contributed by atoms with E-state index < -0.39 is 0 Å². The molecule has 10 heteroatoms. The van der Waals surface area contributed by atoms with Gasteiger partial charge >= 0.3 is 0 Å². The fraction of sp³-hybridized carbons (Fsp3) is 0.261. The molecule has 1 heterocycles. The molecule has 0 fully saturated rings. The largest absolute Gasteiger partial charge is 0.490 e. The van der Waals surface area contributed by atoms with Crippen molar-refractivity contribution in [3.05, 3.63) is 56.8 Å². The second-order valence-electron chi connectivity index (χ2n) is 6.70. The average molecular weight is 569 g/mol. The number of thioether (sulfide) groups is 1. The summed E-state index contributed by atoms with van der Waals surface area (Å²) in [4.78, 5) is 16.8. The van der Waals surface area contributed by atoms with Gasteiger partial charge in [0.05, 0.1) is 35.3 Å². The molecule has 174 valence electrons. The molecule has 0 atom stereocenters. The van der Waals surface area contributed by atoms with E-state index in [0.717, 1.165) is 32.1 Å². The number of carbonyl (C=O) groups excluding carboxylic acids is 1. The Morgan fingerprint density at radius 1 is 1.27 bits per heavy atom. The van der Waals surface area contributed by atoms with Crippen LogP contribution in [0.2, 0.25) is 5.02 Å². The Morgan fingerprint density at radius 3 is 2.79 bits per heavy atom. The van der Waals surface area contributed by atoms with Gasteiger partial charge in [0.1, 0.15) is 0 Å². The maximum atomic E-state index is 12.2. The first-order valence-corrected chi connectivity index (χ1v) is 13.3. The van der Waals surface area contributed by atoms with Crippen LogP contribution >= 0.6 is 50.6 Å². The highest BCUT2D eigenvalue weighted by Crippen LogP contribution is 2.36. The summed E-state index contributed by atoms with van der Waals surface area (Å²) in [6.45, 7) is 5.07. The minimum absolute atomic E-state index is 0.211. The standard InChI is InChI=1S/C23H23BrClN3O3S2/c1-3-9-31-22-18(24)10-15(11-20(22)30-4-2)12-26-28-21(29)14-33-23-27-19(13-32-23)16-5-7-17(25)8-6-16/h5-8,10-13H,3-4,9,14H2,1-2H3,(H,28,29)/b26-12+. The van der Waals surface area contributed by atoms with E-state index in [1.165, 1.54) is 23.1 Å². The van der Waals surface area contributed by atoms with Gasteiger partial charge in [-0.3, -0.25) is 4.79 Å². The Hall–Kier alpha value is -2.07. The highest BCUT2D eigenvalue weighted by molar-refractivity contribution is 9.10. The molecule has 2 aromatic carbocycles. The highest BCUT2D eigenvalue weighted by Gasteiger charge is 2.12. The zero-order chi connectivity index (χ0) is 23.6. The van der Waals surface area contributed by atoms with Crippen molar-refractivity contribution in [1.82, 2.24) is 10.4 Å². The summed E-state index contributed by atoms with van der Waals surface area (Å²) >= 11 is 12.3. The van der Waals surface area contributed by atoms with Crippen LogP contribution in [0.4, 0.5) is 0 Å². The lowest BCUT2D eigenvalue weighted by molar-refractivity contribution is -0.118. The first-order chi connectivity index (χ1) is 16.0. The Balaban J connectivity index is 1.54. The maximum absolute atomic E-state index is 12.2. The molecule has 1 amide bonds. The molecule has 0 radical (unpaired) electrons. The molecule has 1 aromatic heterocycles. The average Bonchev–Trinajstić information content (AvgIpc) is 3.27. The number of hydrazone groups is 1. The van der Waals surface area contributed by atoms with E-state index in [4.69, 9.17) is 21.1 Å². The molecule has 0 saturated heterocycles. The number of amides is 1. The molecule has 1 N–H and O–H groups in total. The molecule has 0 unspecified atom stereocenters. The number of rotatable bonds is 11. The van der Waals surface area contributed by atoms with Crippen molar-refractivity contribution in [2.75, 3.05) is 19.0 Å². The molecule has 0 bridgehead atoms. The van der Waals surface area contributed by atoms with E-state index in [1.54, 1.807) is 6.21 Å². The van der Waals surface area contributed by atoms with Crippen molar-refractivity contribution in [3.8, 4) is 22.8 Å². The van der Waals surface area contributed by atoms with Crippen LogP contribution in [0.15, 0.2) is 55.7 Å². The fourth-order valence-electron chi connectivity index (χ4n) is 2.68. The molecule has 0 aliphatic carbocycles. The predicted molar refractivity (Wildman–Crippen MR) is 140 cm³/mol. The van der Waals surface area contributed by atoms with Gasteiger partial charge in [0.25, 0.3) is 5.91 Å². The molecule has 0 aliphatic heterocycles. The van der Waals surface area contributed by atoms with Gasteiger partial charge in [0, 0.05) is 16.0 Å². The minimum Gasteiger partial charge on any atom is -0.490 e. The monoisotopic (exact) mass is 567 g/mol. The summed E-state index contributed by atoms with van der Waals surface area (Å²) in [5.74, 6) is 1.29. The molecule has 33 heavy (non-hydrogen) atoms. The summed E-state index contributed by atoms with van der Waals surface area (Å²) in [5.41, 5.74) is 5.17. The van der Waals surface area contributed by atoms with Crippen LogP contribution in [0.5, 0.6) is 11.5 Å². The van der Waals surface area contributed by atoms with Gasteiger partial charge in [-0.05, 0) is 59.1 Å². The second kappa shape index (κ2) is 13.0. The van der Waals surface area contributed by atoms with Gasteiger partial charge in [-0.2, -0.15) is 5.10 Å². The van der Waals surface area contributed by atoms with Crippen molar-refractivity contribution in [2.24, 2.45) is 5.10 Å². The Bertz CT molecular complexity index is 1110. The quantitative estimate of drug-likeness (QED) is 0.159. The lowest BCUT2D eigenvalue weighted by Crippen LogP contribution is -2.19. The molecule has 0 spiro atoms. The SMILES string of the molecule is CCCOc1c(Br)cc(/C=N/NC(=O)CSc2nc(-c3ccc(Cl)cc3)cs2)cc1OCC. The number of nitrogens with one attached hydrogen (secondary N) is 1. The first kappa shape index (κ1) is 25.6. The molecule has 3 rings (SSSR count). The number of thiazole rings is 1. The van der Waals surface area contributed by atoms with Crippen LogP contribution in [0, 0.1) is 0 Å². The number of aromatic nitrogens is 1. The topological polar surface area (TPSA) is 72.8 Å². The fourth-order valence-corrected chi connectivity index (χ4v) is 5.01. The Morgan fingerprint density at radius 2 is 2.06 bits per heavy atom. The molecular formula is C23H23BrClN3O3S2. The second-order valence-corrected chi connectivity index (χ2v) is 10.1. The van der Waals surface area contributed by atoms with E-state index in [9.17, 15) is 4.79 Å². The third-order valence-electron chi connectivity index (χ3n) is 4.13. The minimum atomic E-state index is -0.216. The molecular weight excluding hydrogens is 546 g/mol. The third-order valence-corrected chi connectivity index (χ3v) is 7.00. The summed E-state index contributed by atoms with van der Waals surface area (Å²) in [5, 5.41) is 6.71. The number of ether oxygens (including phenoxy) is 2. The number of carbonyl (C=O) groups is 1. The predicted octanol–water partition coefficient (Wildman–Crippen LogP) is 6.66. The zero-order valence-electron chi connectivity index (χ0n) is 18.1.